The lowest BCUT2D eigenvalue weighted by Gasteiger charge is -2.20. The van der Waals surface area contributed by atoms with Crippen molar-refractivity contribution in [3.8, 4) is 0 Å². The third-order valence-corrected chi connectivity index (χ3v) is 4.11. The molecule has 0 aliphatic heterocycles. The highest BCUT2D eigenvalue weighted by Crippen LogP contribution is 2.56. The Hall–Kier alpha value is -0.760. The molecule has 0 bridgehead atoms. The average Bonchev–Trinajstić information content (AvgIpc) is 2.62. The molecule has 15 heavy (non-hydrogen) atoms. The molecule has 0 aromatic carbocycles. The Morgan fingerprint density at radius 2 is 2.20 bits per heavy atom. The molecule has 1 N–H and O–H groups in total. The largest absolute Gasteiger partial charge is 0.388 e. The molecule has 0 spiro atoms. The normalized spacial score (nSPS) is 32.5. The van der Waals surface area contributed by atoms with Crippen LogP contribution in [0.5, 0.6) is 0 Å². The van der Waals surface area contributed by atoms with Gasteiger partial charge in [-0.15, -0.1) is 0 Å². The van der Waals surface area contributed by atoms with E-state index in [1.54, 1.807) is 0 Å². The van der Waals surface area contributed by atoms with E-state index in [1.807, 2.05) is 0 Å². The molecular formula is C13H19NO. The maximum atomic E-state index is 9.89. The fraction of sp³-hybridized carbons (Fsp3) is 0.692. The van der Waals surface area contributed by atoms with Crippen molar-refractivity contribution in [3.05, 3.63) is 23.5 Å². The van der Waals surface area contributed by atoms with Gasteiger partial charge in [-0.25, -0.2) is 0 Å². The Kier molecular flexibility index (Phi) is 1.82. The number of nitrogens with zero attached hydrogens (tertiary/aromatic N) is 1. The standard InChI is InChI=1S/C13H19NO/c1-13(2)8-12(13)14-7-6-9-10(14)4-3-5-11(9)15/h6-7,11-12,15H,3-5,8H2,1-2H3. The fourth-order valence-electron chi connectivity index (χ4n) is 2.90. The first-order valence-corrected chi connectivity index (χ1v) is 5.97. The van der Waals surface area contributed by atoms with Crippen LogP contribution < -0.4 is 0 Å². The fourth-order valence-corrected chi connectivity index (χ4v) is 2.90. The summed E-state index contributed by atoms with van der Waals surface area (Å²) in [7, 11) is 0. The molecular weight excluding hydrogens is 186 g/mol. The number of rotatable bonds is 1. The van der Waals surface area contributed by atoms with Crippen molar-refractivity contribution >= 4 is 0 Å². The highest BCUT2D eigenvalue weighted by Gasteiger charge is 2.47. The van der Waals surface area contributed by atoms with E-state index in [2.05, 4.69) is 30.7 Å². The molecule has 2 nitrogen and oxygen atoms in total. The molecule has 1 fully saturated rings. The van der Waals surface area contributed by atoms with Gasteiger partial charge >= 0.3 is 0 Å². The van der Waals surface area contributed by atoms with Crippen molar-refractivity contribution in [2.75, 3.05) is 0 Å². The van der Waals surface area contributed by atoms with Gasteiger partial charge in [0.25, 0.3) is 0 Å². The first-order valence-electron chi connectivity index (χ1n) is 5.97. The lowest BCUT2D eigenvalue weighted by Crippen LogP contribution is -2.12. The van der Waals surface area contributed by atoms with Crippen LogP contribution in [0.25, 0.3) is 0 Å². The van der Waals surface area contributed by atoms with Gasteiger partial charge in [-0.1, -0.05) is 13.8 Å². The molecule has 2 aliphatic carbocycles. The van der Waals surface area contributed by atoms with E-state index in [1.165, 1.54) is 17.7 Å². The van der Waals surface area contributed by atoms with Gasteiger partial charge in [0, 0.05) is 23.5 Å². The van der Waals surface area contributed by atoms with Gasteiger partial charge in [0.15, 0.2) is 0 Å². The Morgan fingerprint density at radius 3 is 2.87 bits per heavy atom. The Balaban J connectivity index is 1.98. The SMILES string of the molecule is CC1(C)CC1n1ccc2c1CCCC2O. The van der Waals surface area contributed by atoms with E-state index in [0.29, 0.717) is 11.5 Å². The molecule has 1 aromatic rings. The zero-order valence-electron chi connectivity index (χ0n) is 9.53. The van der Waals surface area contributed by atoms with Crippen molar-refractivity contribution in [2.24, 2.45) is 5.41 Å². The molecule has 1 saturated carbocycles. The van der Waals surface area contributed by atoms with Crippen LogP contribution in [0.3, 0.4) is 0 Å². The molecule has 82 valence electrons. The van der Waals surface area contributed by atoms with Crippen LogP contribution in [-0.4, -0.2) is 9.67 Å². The maximum Gasteiger partial charge on any atom is 0.0807 e. The highest BCUT2D eigenvalue weighted by molar-refractivity contribution is 5.29. The minimum atomic E-state index is -0.211. The van der Waals surface area contributed by atoms with Crippen LogP contribution in [0.15, 0.2) is 12.3 Å². The third kappa shape index (κ3) is 1.35. The predicted molar refractivity (Wildman–Crippen MR) is 59.8 cm³/mol. The molecule has 0 amide bonds. The molecule has 1 aromatic heterocycles. The van der Waals surface area contributed by atoms with Crippen LogP contribution in [0, 0.1) is 5.41 Å². The topological polar surface area (TPSA) is 25.2 Å². The molecule has 2 aliphatic rings. The van der Waals surface area contributed by atoms with Gasteiger partial charge in [0.1, 0.15) is 0 Å². The van der Waals surface area contributed by atoms with Gasteiger partial charge in [0.2, 0.25) is 0 Å². The van der Waals surface area contributed by atoms with Crippen LogP contribution in [0.4, 0.5) is 0 Å². The molecule has 2 atom stereocenters. The van der Waals surface area contributed by atoms with Crippen LogP contribution in [0.1, 0.15) is 56.5 Å². The summed E-state index contributed by atoms with van der Waals surface area (Å²) in [5.74, 6) is 0. The monoisotopic (exact) mass is 205 g/mol. The predicted octanol–water partition coefficient (Wildman–Crippen LogP) is 2.83. The average molecular weight is 205 g/mol. The van der Waals surface area contributed by atoms with Crippen molar-refractivity contribution < 1.29 is 5.11 Å². The van der Waals surface area contributed by atoms with E-state index in [-0.39, 0.29) is 6.10 Å². The highest BCUT2D eigenvalue weighted by atomic mass is 16.3. The smallest absolute Gasteiger partial charge is 0.0807 e. The van der Waals surface area contributed by atoms with Crippen molar-refractivity contribution in [2.45, 2.75) is 51.7 Å². The van der Waals surface area contributed by atoms with Crippen molar-refractivity contribution in [3.63, 3.8) is 0 Å². The van der Waals surface area contributed by atoms with Gasteiger partial charge in [-0.3, -0.25) is 0 Å². The van der Waals surface area contributed by atoms with Gasteiger partial charge in [-0.05, 0) is 37.2 Å². The summed E-state index contributed by atoms with van der Waals surface area (Å²) in [6.45, 7) is 4.65. The van der Waals surface area contributed by atoms with Gasteiger partial charge in [-0.2, -0.15) is 0 Å². The molecule has 0 radical (unpaired) electrons. The summed E-state index contributed by atoms with van der Waals surface area (Å²) in [6, 6.07) is 2.79. The summed E-state index contributed by atoms with van der Waals surface area (Å²) in [5, 5.41) is 9.89. The lowest BCUT2D eigenvalue weighted by atomic mass is 9.95. The van der Waals surface area contributed by atoms with Crippen LogP contribution in [-0.2, 0) is 6.42 Å². The molecule has 0 saturated heterocycles. The second-order valence-corrected chi connectivity index (χ2v) is 5.74. The van der Waals surface area contributed by atoms with Crippen LogP contribution in [0.2, 0.25) is 0 Å². The first-order chi connectivity index (χ1) is 7.09. The molecule has 2 heteroatoms. The van der Waals surface area contributed by atoms with Crippen molar-refractivity contribution in [1.29, 1.82) is 0 Å². The molecule has 1 heterocycles. The van der Waals surface area contributed by atoms with Crippen LogP contribution >= 0.6 is 0 Å². The minimum absolute atomic E-state index is 0.211. The summed E-state index contributed by atoms with van der Waals surface area (Å²) in [6.07, 6.45) is 6.46. The summed E-state index contributed by atoms with van der Waals surface area (Å²) in [5.41, 5.74) is 3.04. The quantitative estimate of drug-likeness (QED) is 0.749. The second kappa shape index (κ2) is 2.88. The number of aromatic nitrogens is 1. The first kappa shape index (κ1) is 9.46. The van der Waals surface area contributed by atoms with Crippen molar-refractivity contribution in [1.82, 2.24) is 4.57 Å². The van der Waals surface area contributed by atoms with E-state index < -0.39 is 0 Å². The number of hydrogen-bond acceptors (Lipinski definition) is 1. The van der Waals surface area contributed by atoms with E-state index in [4.69, 9.17) is 0 Å². The second-order valence-electron chi connectivity index (χ2n) is 5.74. The van der Waals surface area contributed by atoms with Gasteiger partial charge < -0.3 is 9.67 Å². The van der Waals surface area contributed by atoms with E-state index >= 15 is 0 Å². The number of hydrogen-bond donors (Lipinski definition) is 1. The van der Waals surface area contributed by atoms with E-state index in [0.717, 1.165) is 19.3 Å². The molecule has 2 unspecified atom stereocenters. The summed E-state index contributed by atoms with van der Waals surface area (Å²) >= 11 is 0. The Morgan fingerprint density at radius 1 is 1.47 bits per heavy atom. The van der Waals surface area contributed by atoms with Gasteiger partial charge in [0.05, 0.1) is 6.10 Å². The summed E-state index contributed by atoms with van der Waals surface area (Å²) in [4.78, 5) is 0. The number of aliphatic hydroxyl groups is 1. The third-order valence-electron chi connectivity index (χ3n) is 4.11. The maximum absolute atomic E-state index is 9.89. The zero-order chi connectivity index (χ0) is 10.6. The molecule has 3 rings (SSSR count). The lowest BCUT2D eigenvalue weighted by molar-refractivity contribution is 0.155. The van der Waals surface area contributed by atoms with E-state index in [9.17, 15) is 5.11 Å². The Bertz CT molecular complexity index is 391. The number of fused-ring (bicyclic) bond motifs is 1. The Labute approximate surface area is 90.9 Å². The summed E-state index contributed by atoms with van der Waals surface area (Å²) < 4.78 is 2.41. The minimum Gasteiger partial charge on any atom is -0.388 e. The number of aliphatic hydroxyl groups excluding tert-OH is 1. The zero-order valence-corrected chi connectivity index (χ0v) is 9.53.